The molecular weight excluding hydrogens is 304 g/mol. The molecule has 1 aliphatic rings. The highest BCUT2D eigenvalue weighted by atomic mass is 16.5. The van der Waals surface area contributed by atoms with E-state index in [-0.39, 0.29) is 5.91 Å². The molecule has 0 bridgehead atoms. The zero-order chi connectivity index (χ0) is 16.9. The number of likely N-dealkylation sites (tertiary alicyclic amines) is 1. The van der Waals surface area contributed by atoms with E-state index < -0.39 is 0 Å². The third-order valence-electron chi connectivity index (χ3n) is 4.32. The Bertz CT molecular complexity index is 694. The lowest BCUT2D eigenvalue weighted by atomic mass is 9.99. The van der Waals surface area contributed by atoms with Gasteiger partial charge in [-0.2, -0.15) is 0 Å². The van der Waals surface area contributed by atoms with Crippen molar-refractivity contribution >= 4 is 17.4 Å². The molecule has 3 rings (SSSR count). The third-order valence-corrected chi connectivity index (χ3v) is 4.32. The Balaban J connectivity index is 1.68. The van der Waals surface area contributed by atoms with Crippen LogP contribution in [-0.4, -0.2) is 41.2 Å². The molecule has 1 fully saturated rings. The SMILES string of the molecule is COc1ccccc1Nc1ccc(C(=O)N2CCC(C)CC2)nn1. The van der Waals surface area contributed by atoms with Crippen LogP contribution >= 0.6 is 0 Å². The number of hydrogen-bond donors (Lipinski definition) is 1. The molecule has 0 aliphatic carbocycles. The molecule has 126 valence electrons. The number of nitrogens with one attached hydrogen (secondary N) is 1. The highest BCUT2D eigenvalue weighted by Crippen LogP contribution is 2.26. The molecule has 1 saturated heterocycles. The number of anilines is 2. The summed E-state index contributed by atoms with van der Waals surface area (Å²) in [4.78, 5) is 14.3. The lowest BCUT2D eigenvalue weighted by molar-refractivity contribution is 0.0690. The molecule has 0 saturated carbocycles. The third kappa shape index (κ3) is 3.64. The van der Waals surface area contributed by atoms with E-state index in [9.17, 15) is 4.79 Å². The van der Waals surface area contributed by atoms with Crippen molar-refractivity contribution in [3.8, 4) is 5.75 Å². The van der Waals surface area contributed by atoms with E-state index in [1.807, 2.05) is 29.2 Å². The van der Waals surface area contributed by atoms with E-state index in [1.54, 1.807) is 19.2 Å². The maximum Gasteiger partial charge on any atom is 0.274 e. The van der Waals surface area contributed by atoms with E-state index in [4.69, 9.17) is 4.74 Å². The summed E-state index contributed by atoms with van der Waals surface area (Å²) >= 11 is 0. The summed E-state index contributed by atoms with van der Waals surface area (Å²) in [6.45, 7) is 3.81. The van der Waals surface area contributed by atoms with Gasteiger partial charge in [0, 0.05) is 13.1 Å². The fourth-order valence-corrected chi connectivity index (χ4v) is 2.77. The van der Waals surface area contributed by atoms with Crippen LogP contribution < -0.4 is 10.1 Å². The van der Waals surface area contributed by atoms with Crippen LogP contribution in [0.15, 0.2) is 36.4 Å². The molecule has 1 aliphatic heterocycles. The monoisotopic (exact) mass is 326 g/mol. The normalized spacial score (nSPS) is 15.2. The average Bonchev–Trinajstić information content (AvgIpc) is 2.63. The quantitative estimate of drug-likeness (QED) is 0.935. The van der Waals surface area contributed by atoms with Crippen molar-refractivity contribution in [1.82, 2.24) is 15.1 Å². The number of nitrogens with zero attached hydrogens (tertiary/aromatic N) is 3. The molecule has 24 heavy (non-hydrogen) atoms. The molecule has 1 amide bonds. The Morgan fingerprint density at radius 3 is 2.58 bits per heavy atom. The van der Waals surface area contributed by atoms with Gasteiger partial charge in [0.2, 0.25) is 0 Å². The Kier molecular flexibility index (Phi) is 4.93. The van der Waals surface area contributed by atoms with Crippen molar-refractivity contribution in [1.29, 1.82) is 0 Å². The highest BCUT2D eigenvalue weighted by Gasteiger charge is 2.22. The number of piperidine rings is 1. The minimum absolute atomic E-state index is 0.0433. The molecule has 0 spiro atoms. The maximum atomic E-state index is 12.5. The first-order valence-corrected chi connectivity index (χ1v) is 8.20. The van der Waals surface area contributed by atoms with E-state index in [0.29, 0.717) is 17.4 Å². The van der Waals surface area contributed by atoms with Crippen LogP contribution in [0.3, 0.4) is 0 Å². The summed E-state index contributed by atoms with van der Waals surface area (Å²) in [5, 5.41) is 11.3. The van der Waals surface area contributed by atoms with Crippen LogP contribution in [0.4, 0.5) is 11.5 Å². The molecule has 2 aromatic rings. The zero-order valence-corrected chi connectivity index (χ0v) is 14.0. The van der Waals surface area contributed by atoms with Crippen LogP contribution in [0.25, 0.3) is 0 Å². The second-order valence-corrected chi connectivity index (χ2v) is 6.10. The van der Waals surface area contributed by atoms with Gasteiger partial charge in [-0.25, -0.2) is 0 Å². The zero-order valence-electron chi connectivity index (χ0n) is 14.0. The number of carbonyl (C=O) groups excluding carboxylic acids is 1. The molecule has 0 atom stereocenters. The summed E-state index contributed by atoms with van der Waals surface area (Å²) in [6, 6.07) is 11.0. The minimum atomic E-state index is -0.0433. The van der Waals surface area contributed by atoms with Gasteiger partial charge in [-0.3, -0.25) is 4.79 Å². The second kappa shape index (κ2) is 7.29. The van der Waals surface area contributed by atoms with Crippen molar-refractivity contribution in [2.75, 3.05) is 25.5 Å². The number of aromatic nitrogens is 2. The maximum absolute atomic E-state index is 12.5. The van der Waals surface area contributed by atoms with Crippen molar-refractivity contribution in [3.05, 3.63) is 42.1 Å². The number of para-hydroxylation sites is 2. The molecular formula is C18H22N4O2. The van der Waals surface area contributed by atoms with Gasteiger partial charge in [0.05, 0.1) is 12.8 Å². The highest BCUT2D eigenvalue weighted by molar-refractivity contribution is 5.92. The summed E-state index contributed by atoms with van der Waals surface area (Å²) < 4.78 is 5.30. The van der Waals surface area contributed by atoms with Gasteiger partial charge >= 0.3 is 0 Å². The fourth-order valence-electron chi connectivity index (χ4n) is 2.77. The number of ether oxygens (including phenoxy) is 1. The number of hydrogen-bond acceptors (Lipinski definition) is 5. The molecule has 1 aromatic heterocycles. The van der Waals surface area contributed by atoms with Gasteiger partial charge in [0.25, 0.3) is 5.91 Å². The number of carbonyl (C=O) groups is 1. The first-order chi connectivity index (χ1) is 11.7. The fraction of sp³-hybridized carbons (Fsp3) is 0.389. The molecule has 2 heterocycles. The largest absolute Gasteiger partial charge is 0.495 e. The predicted octanol–water partition coefficient (Wildman–Crippen LogP) is 3.10. The van der Waals surface area contributed by atoms with Crippen molar-refractivity contribution in [3.63, 3.8) is 0 Å². The number of methoxy groups -OCH3 is 1. The molecule has 6 heteroatoms. The van der Waals surface area contributed by atoms with Gasteiger partial charge in [-0.05, 0) is 43.0 Å². The Morgan fingerprint density at radius 2 is 1.92 bits per heavy atom. The van der Waals surface area contributed by atoms with Crippen LogP contribution in [-0.2, 0) is 0 Å². The number of benzene rings is 1. The summed E-state index contributed by atoms with van der Waals surface area (Å²) in [5.41, 5.74) is 1.19. The van der Waals surface area contributed by atoms with E-state index in [1.165, 1.54) is 0 Å². The smallest absolute Gasteiger partial charge is 0.274 e. The van der Waals surface area contributed by atoms with E-state index >= 15 is 0 Å². The average molecular weight is 326 g/mol. The van der Waals surface area contributed by atoms with Gasteiger partial charge in [0.1, 0.15) is 5.75 Å². The molecule has 1 aromatic carbocycles. The lowest BCUT2D eigenvalue weighted by Crippen LogP contribution is -2.38. The van der Waals surface area contributed by atoms with Gasteiger partial charge < -0.3 is 15.0 Å². The summed E-state index contributed by atoms with van der Waals surface area (Å²) in [5.74, 6) is 1.94. The van der Waals surface area contributed by atoms with Crippen LogP contribution in [0.1, 0.15) is 30.3 Å². The van der Waals surface area contributed by atoms with Gasteiger partial charge in [-0.15, -0.1) is 10.2 Å². The molecule has 6 nitrogen and oxygen atoms in total. The first kappa shape index (κ1) is 16.2. The van der Waals surface area contributed by atoms with Crippen molar-refractivity contribution < 1.29 is 9.53 Å². The minimum Gasteiger partial charge on any atom is -0.495 e. The van der Waals surface area contributed by atoms with Crippen LogP contribution in [0.2, 0.25) is 0 Å². The first-order valence-electron chi connectivity index (χ1n) is 8.20. The van der Waals surface area contributed by atoms with E-state index in [2.05, 4.69) is 22.4 Å². The molecule has 1 N–H and O–H groups in total. The summed E-state index contributed by atoms with van der Waals surface area (Å²) in [6.07, 6.45) is 2.10. The van der Waals surface area contributed by atoms with E-state index in [0.717, 1.165) is 37.4 Å². The topological polar surface area (TPSA) is 67.3 Å². The lowest BCUT2D eigenvalue weighted by Gasteiger charge is -2.29. The number of amides is 1. The van der Waals surface area contributed by atoms with Crippen molar-refractivity contribution in [2.45, 2.75) is 19.8 Å². The summed E-state index contributed by atoms with van der Waals surface area (Å²) in [7, 11) is 1.62. The standard InChI is InChI=1S/C18H22N4O2/c1-13-9-11-22(12-10-13)18(23)15-7-8-17(21-20-15)19-14-5-3-4-6-16(14)24-2/h3-8,13H,9-12H2,1-2H3,(H,19,21). The predicted molar refractivity (Wildman–Crippen MR) is 92.6 cm³/mol. The number of rotatable bonds is 4. The Morgan fingerprint density at radius 1 is 1.17 bits per heavy atom. The van der Waals surface area contributed by atoms with Crippen LogP contribution in [0.5, 0.6) is 5.75 Å². The second-order valence-electron chi connectivity index (χ2n) is 6.10. The Hall–Kier alpha value is -2.63. The molecule has 0 radical (unpaired) electrons. The Labute approximate surface area is 141 Å². The van der Waals surface area contributed by atoms with Crippen molar-refractivity contribution in [2.24, 2.45) is 5.92 Å². The van der Waals surface area contributed by atoms with Gasteiger partial charge in [0.15, 0.2) is 11.5 Å². The van der Waals surface area contributed by atoms with Crippen LogP contribution in [0, 0.1) is 5.92 Å². The van der Waals surface area contributed by atoms with Gasteiger partial charge in [-0.1, -0.05) is 19.1 Å². The molecule has 0 unspecified atom stereocenters.